The molecule has 0 amide bonds. The Morgan fingerprint density at radius 2 is 1.33 bits per heavy atom. The van der Waals surface area contributed by atoms with Crippen LogP contribution in [0.15, 0.2) is 0 Å². The zero-order valence-corrected chi connectivity index (χ0v) is 11.2. The number of aliphatic hydroxyl groups excluding tert-OH is 1. The minimum Gasteiger partial charge on any atom is -0.394 e. The molecule has 0 atom stereocenters. The predicted octanol–water partition coefficient (Wildman–Crippen LogP) is 2.44. The van der Waals surface area contributed by atoms with E-state index in [0.717, 1.165) is 0 Å². The van der Waals surface area contributed by atoms with Crippen molar-refractivity contribution in [3.63, 3.8) is 0 Å². The lowest BCUT2D eigenvalue weighted by molar-refractivity contribution is 0.318. The molecule has 0 unspecified atom stereocenters. The van der Waals surface area contributed by atoms with Gasteiger partial charge in [-0.1, -0.05) is 52.6 Å². The lowest BCUT2D eigenvalue weighted by Crippen LogP contribution is -2.21. The Balaban J connectivity index is 0. The van der Waals surface area contributed by atoms with Crippen LogP contribution in [0.1, 0.15) is 20.8 Å². The normalized spacial score (nSPS) is 10.0. The van der Waals surface area contributed by atoms with Crippen LogP contribution in [0.5, 0.6) is 0 Å². The van der Waals surface area contributed by atoms with E-state index < -0.39 is 0 Å². The molecule has 2 nitrogen and oxygen atoms in total. The summed E-state index contributed by atoms with van der Waals surface area (Å²) in [7, 11) is 0. The van der Waals surface area contributed by atoms with Crippen molar-refractivity contribution in [1.29, 1.82) is 0 Å². The van der Waals surface area contributed by atoms with Gasteiger partial charge in [0.25, 0.3) is 0 Å². The number of aliphatic hydroxyl groups is 1. The van der Waals surface area contributed by atoms with Gasteiger partial charge in [0, 0.05) is 0 Å². The van der Waals surface area contributed by atoms with E-state index in [0.29, 0.717) is 0 Å². The lowest BCUT2D eigenvalue weighted by atomic mass is 10.5. The number of alkyl halides is 2. The molecule has 4 heteroatoms. The Bertz CT molecular complexity index is 71.9. The summed E-state index contributed by atoms with van der Waals surface area (Å²) in [5, 5.41) is 8.05. The molecule has 0 aliphatic carbocycles. The Morgan fingerprint density at radius 1 is 1.08 bits per heavy atom. The fourth-order valence-electron chi connectivity index (χ4n) is 0.671. The van der Waals surface area contributed by atoms with Gasteiger partial charge in [0.2, 0.25) is 0 Å². The average molecular weight is 305 g/mol. The zero-order chi connectivity index (χ0) is 9.98. The highest BCUT2D eigenvalue weighted by Gasteiger charge is 1.89. The first-order valence-electron chi connectivity index (χ1n) is 4.23. The van der Waals surface area contributed by atoms with E-state index in [1.165, 1.54) is 19.6 Å². The van der Waals surface area contributed by atoms with Crippen molar-refractivity contribution >= 4 is 31.9 Å². The van der Waals surface area contributed by atoms with Crippen LogP contribution in [-0.4, -0.2) is 40.0 Å². The molecule has 0 bridgehead atoms. The average Bonchev–Trinajstić information content (AvgIpc) is 2.09. The van der Waals surface area contributed by atoms with E-state index in [4.69, 9.17) is 5.11 Å². The quantitative estimate of drug-likeness (QED) is 0.807. The second kappa shape index (κ2) is 11.9. The van der Waals surface area contributed by atoms with Crippen LogP contribution in [0.3, 0.4) is 0 Å². The first-order valence-corrected chi connectivity index (χ1v) is 6.06. The smallest absolute Gasteiger partial charge is 0.0927 e. The second-order valence-corrected chi connectivity index (χ2v) is 5.63. The van der Waals surface area contributed by atoms with E-state index in [2.05, 4.69) is 57.5 Å². The van der Waals surface area contributed by atoms with Gasteiger partial charge in [0.1, 0.15) is 0 Å². The monoisotopic (exact) mass is 303 g/mol. The first kappa shape index (κ1) is 15.4. The second-order valence-electron chi connectivity index (χ2n) is 2.19. The molecule has 0 aromatic carbocycles. The van der Waals surface area contributed by atoms with Crippen LogP contribution in [0, 0.1) is 0 Å². The molecular weight excluding hydrogens is 286 g/mol. The Morgan fingerprint density at radius 3 is 1.33 bits per heavy atom. The largest absolute Gasteiger partial charge is 0.394 e. The van der Waals surface area contributed by atoms with Crippen molar-refractivity contribution in [1.82, 2.24) is 4.90 Å². The van der Waals surface area contributed by atoms with Crippen molar-refractivity contribution in [3.8, 4) is 0 Å². The van der Waals surface area contributed by atoms with Gasteiger partial charge in [-0.2, -0.15) is 0 Å². The number of nitrogens with zero attached hydrogens (tertiary/aromatic N) is 1. The van der Waals surface area contributed by atoms with E-state index in [1.807, 2.05) is 0 Å². The molecule has 12 heavy (non-hydrogen) atoms. The van der Waals surface area contributed by atoms with Gasteiger partial charge in [-0.05, 0) is 19.6 Å². The predicted molar refractivity (Wildman–Crippen MR) is 62.2 cm³/mol. The third kappa shape index (κ3) is 13.5. The minimum atomic E-state index is 0.0648. The highest BCUT2D eigenvalue weighted by atomic mass is 79.9. The number of halogens is 2. The first-order chi connectivity index (χ1) is 5.62. The molecular formula is C8H19Br2NO. The maximum absolute atomic E-state index is 8.05. The summed E-state index contributed by atoms with van der Waals surface area (Å²) in [4.78, 5) is 2.38. The van der Waals surface area contributed by atoms with Gasteiger partial charge >= 0.3 is 0 Å². The number of rotatable bonds is 4. The van der Waals surface area contributed by atoms with Crippen LogP contribution in [0.4, 0.5) is 0 Å². The third-order valence-corrected chi connectivity index (χ3v) is 2.06. The number of hydrogen-bond acceptors (Lipinski definition) is 2. The SMILES string of the molecule is CCN(CC)CC.OCC(Br)Br. The summed E-state index contributed by atoms with van der Waals surface area (Å²) in [6, 6.07) is 0. The third-order valence-electron chi connectivity index (χ3n) is 1.48. The van der Waals surface area contributed by atoms with E-state index in [-0.39, 0.29) is 10.3 Å². The molecule has 0 aliphatic heterocycles. The van der Waals surface area contributed by atoms with E-state index in [1.54, 1.807) is 0 Å². The van der Waals surface area contributed by atoms with Gasteiger partial charge in [-0.3, -0.25) is 0 Å². The number of hydrogen-bond donors (Lipinski definition) is 1. The van der Waals surface area contributed by atoms with E-state index in [9.17, 15) is 0 Å². The highest BCUT2D eigenvalue weighted by Crippen LogP contribution is 2.03. The molecule has 0 aromatic rings. The maximum atomic E-state index is 8.05. The Hall–Kier alpha value is 0.880. The summed E-state index contributed by atoms with van der Waals surface area (Å²) >= 11 is 6.08. The zero-order valence-electron chi connectivity index (χ0n) is 8.06. The topological polar surface area (TPSA) is 23.5 Å². The Kier molecular flexibility index (Phi) is 15.2. The van der Waals surface area contributed by atoms with Crippen molar-refractivity contribution in [2.24, 2.45) is 0 Å². The van der Waals surface area contributed by atoms with E-state index >= 15 is 0 Å². The van der Waals surface area contributed by atoms with Gasteiger partial charge in [0.05, 0.1) is 10.3 Å². The van der Waals surface area contributed by atoms with Crippen LogP contribution in [0.25, 0.3) is 0 Å². The summed E-state index contributed by atoms with van der Waals surface area (Å²) < 4.78 is 0.0648. The van der Waals surface area contributed by atoms with Crippen molar-refractivity contribution in [3.05, 3.63) is 0 Å². The van der Waals surface area contributed by atoms with Crippen LogP contribution in [-0.2, 0) is 0 Å². The fourth-order valence-corrected chi connectivity index (χ4v) is 0.671. The maximum Gasteiger partial charge on any atom is 0.0927 e. The summed E-state index contributed by atoms with van der Waals surface area (Å²) in [6.07, 6.45) is 0. The summed E-state index contributed by atoms with van der Waals surface area (Å²) in [6.45, 7) is 10.3. The molecule has 0 heterocycles. The molecule has 76 valence electrons. The highest BCUT2D eigenvalue weighted by molar-refractivity contribution is 9.24. The van der Waals surface area contributed by atoms with Gasteiger partial charge < -0.3 is 10.0 Å². The molecule has 0 fully saturated rings. The minimum absolute atomic E-state index is 0.0648. The standard InChI is InChI=1S/C6H15N.C2H4Br2O/c1-4-7(5-2)6-3;3-2(4)1-5/h4-6H2,1-3H3;2,5H,1H2. The molecule has 0 spiro atoms. The van der Waals surface area contributed by atoms with Crippen molar-refractivity contribution < 1.29 is 5.11 Å². The molecule has 0 radical (unpaired) electrons. The van der Waals surface area contributed by atoms with Crippen LogP contribution < -0.4 is 0 Å². The molecule has 0 saturated carbocycles. The molecule has 0 rings (SSSR count). The van der Waals surface area contributed by atoms with Crippen LogP contribution >= 0.6 is 31.9 Å². The Labute approximate surface area is 92.6 Å². The van der Waals surface area contributed by atoms with Crippen molar-refractivity contribution in [2.45, 2.75) is 24.5 Å². The molecule has 1 N–H and O–H groups in total. The van der Waals surface area contributed by atoms with Gasteiger partial charge in [-0.15, -0.1) is 0 Å². The molecule has 0 aliphatic rings. The lowest BCUT2D eigenvalue weighted by Gasteiger charge is -2.13. The van der Waals surface area contributed by atoms with Gasteiger partial charge in [0.15, 0.2) is 0 Å². The fraction of sp³-hybridized carbons (Fsp3) is 1.00. The van der Waals surface area contributed by atoms with Crippen molar-refractivity contribution in [2.75, 3.05) is 26.2 Å². The van der Waals surface area contributed by atoms with Gasteiger partial charge in [-0.25, -0.2) is 0 Å². The summed E-state index contributed by atoms with van der Waals surface area (Å²) in [5.41, 5.74) is 0. The van der Waals surface area contributed by atoms with Crippen LogP contribution in [0.2, 0.25) is 0 Å². The summed E-state index contributed by atoms with van der Waals surface area (Å²) in [5.74, 6) is 0. The molecule has 0 saturated heterocycles. The molecule has 0 aromatic heterocycles.